The molecule has 1 aliphatic rings. The smallest absolute Gasteiger partial charge is 0.161 e. The molecule has 5 heteroatoms. The lowest BCUT2D eigenvalue weighted by Gasteiger charge is -2.26. The van der Waals surface area contributed by atoms with Gasteiger partial charge in [-0.05, 0) is 43.1 Å². The quantitative estimate of drug-likeness (QED) is 0.692. The second kappa shape index (κ2) is 9.81. The maximum Gasteiger partial charge on any atom is 0.161 e. The second-order valence-electron chi connectivity index (χ2n) is 6.42. The fraction of sp³-hybridized carbons (Fsp3) is 0.429. The Labute approximate surface area is 160 Å². The van der Waals surface area contributed by atoms with Crippen LogP contribution in [0, 0.1) is 0 Å². The normalized spacial score (nSPS) is 15.0. The summed E-state index contributed by atoms with van der Waals surface area (Å²) in [6, 6.07) is 13.9. The van der Waals surface area contributed by atoms with Gasteiger partial charge in [0.1, 0.15) is 6.61 Å². The number of methoxy groups -OCH3 is 1. The number of hydrogen-bond acceptors (Lipinski definition) is 4. The van der Waals surface area contributed by atoms with Crippen molar-refractivity contribution in [2.75, 3.05) is 40.0 Å². The van der Waals surface area contributed by atoms with Crippen LogP contribution in [-0.2, 0) is 17.8 Å². The molecule has 0 unspecified atom stereocenters. The molecule has 0 spiro atoms. The van der Waals surface area contributed by atoms with Crippen LogP contribution in [0.5, 0.6) is 11.5 Å². The van der Waals surface area contributed by atoms with E-state index in [-0.39, 0.29) is 0 Å². The van der Waals surface area contributed by atoms with Gasteiger partial charge in [0, 0.05) is 23.7 Å². The first-order chi connectivity index (χ1) is 12.8. The molecule has 0 amide bonds. The van der Waals surface area contributed by atoms with Crippen LogP contribution in [0.25, 0.3) is 0 Å². The first kappa shape index (κ1) is 19.0. The first-order valence-corrected chi connectivity index (χ1v) is 9.47. The molecule has 140 valence electrons. The van der Waals surface area contributed by atoms with Gasteiger partial charge in [0.2, 0.25) is 0 Å². The standard InChI is InChI=1S/C21H26ClNO3/c1-24-20-9-8-17(5-4-10-23-11-13-25-14-12-23)15-21(20)26-16-18-6-2-3-7-19(18)22/h2-3,6-9,15H,4-5,10-14,16H2,1H3. The molecule has 0 bridgehead atoms. The van der Waals surface area contributed by atoms with Gasteiger partial charge in [0.25, 0.3) is 0 Å². The topological polar surface area (TPSA) is 30.9 Å². The molecular weight excluding hydrogens is 350 g/mol. The molecule has 0 aromatic heterocycles. The summed E-state index contributed by atoms with van der Waals surface area (Å²) >= 11 is 6.21. The average molecular weight is 376 g/mol. The number of hydrogen-bond donors (Lipinski definition) is 0. The zero-order valence-electron chi connectivity index (χ0n) is 15.2. The average Bonchev–Trinajstić information content (AvgIpc) is 2.68. The van der Waals surface area contributed by atoms with Crippen LogP contribution in [0.1, 0.15) is 17.5 Å². The summed E-state index contributed by atoms with van der Waals surface area (Å²) < 4.78 is 16.8. The van der Waals surface area contributed by atoms with E-state index < -0.39 is 0 Å². The van der Waals surface area contributed by atoms with Gasteiger partial charge in [-0.25, -0.2) is 0 Å². The molecule has 0 aliphatic carbocycles. The van der Waals surface area contributed by atoms with E-state index in [2.05, 4.69) is 17.0 Å². The van der Waals surface area contributed by atoms with Crippen LogP contribution < -0.4 is 9.47 Å². The second-order valence-corrected chi connectivity index (χ2v) is 6.83. The van der Waals surface area contributed by atoms with Gasteiger partial charge in [-0.2, -0.15) is 0 Å². The third-order valence-electron chi connectivity index (χ3n) is 4.61. The van der Waals surface area contributed by atoms with Crippen LogP contribution in [0.15, 0.2) is 42.5 Å². The number of aryl methyl sites for hydroxylation is 1. The van der Waals surface area contributed by atoms with E-state index in [4.69, 9.17) is 25.8 Å². The number of halogens is 1. The molecule has 1 saturated heterocycles. The molecule has 2 aromatic carbocycles. The Kier molecular flexibility index (Phi) is 7.18. The zero-order chi connectivity index (χ0) is 18.2. The molecule has 2 aromatic rings. The molecule has 26 heavy (non-hydrogen) atoms. The molecule has 0 atom stereocenters. The molecule has 0 N–H and O–H groups in total. The molecule has 1 fully saturated rings. The van der Waals surface area contributed by atoms with Crippen LogP contribution in [0.3, 0.4) is 0 Å². The lowest BCUT2D eigenvalue weighted by molar-refractivity contribution is 0.0374. The Hall–Kier alpha value is -1.75. The van der Waals surface area contributed by atoms with E-state index >= 15 is 0 Å². The van der Waals surface area contributed by atoms with Gasteiger partial charge < -0.3 is 14.2 Å². The number of morpholine rings is 1. The molecule has 0 saturated carbocycles. The maximum atomic E-state index is 6.21. The summed E-state index contributed by atoms with van der Waals surface area (Å²) in [6.07, 6.45) is 2.14. The van der Waals surface area contributed by atoms with Gasteiger partial charge in [-0.1, -0.05) is 35.9 Å². The van der Waals surface area contributed by atoms with Gasteiger partial charge in [0.05, 0.1) is 20.3 Å². The van der Waals surface area contributed by atoms with Crippen molar-refractivity contribution in [3.05, 3.63) is 58.6 Å². The van der Waals surface area contributed by atoms with Crippen molar-refractivity contribution in [1.82, 2.24) is 4.90 Å². The Morgan fingerprint density at radius 3 is 2.65 bits per heavy atom. The minimum absolute atomic E-state index is 0.424. The highest BCUT2D eigenvalue weighted by atomic mass is 35.5. The van der Waals surface area contributed by atoms with Crippen molar-refractivity contribution >= 4 is 11.6 Å². The number of rotatable bonds is 8. The zero-order valence-corrected chi connectivity index (χ0v) is 16.0. The SMILES string of the molecule is COc1ccc(CCCN2CCOCC2)cc1OCc1ccccc1Cl. The van der Waals surface area contributed by atoms with Crippen molar-refractivity contribution in [3.63, 3.8) is 0 Å². The highest BCUT2D eigenvalue weighted by Crippen LogP contribution is 2.30. The van der Waals surface area contributed by atoms with E-state index in [1.807, 2.05) is 30.3 Å². The van der Waals surface area contributed by atoms with Gasteiger partial charge in [-0.3, -0.25) is 4.90 Å². The maximum absolute atomic E-state index is 6.21. The van der Waals surface area contributed by atoms with Crippen molar-refractivity contribution in [1.29, 1.82) is 0 Å². The molecule has 0 radical (unpaired) electrons. The third-order valence-corrected chi connectivity index (χ3v) is 4.98. The number of ether oxygens (including phenoxy) is 3. The summed E-state index contributed by atoms with van der Waals surface area (Å²) in [7, 11) is 1.66. The molecular formula is C21H26ClNO3. The van der Waals surface area contributed by atoms with Gasteiger partial charge in [-0.15, -0.1) is 0 Å². The number of nitrogens with zero attached hydrogens (tertiary/aromatic N) is 1. The van der Waals surface area contributed by atoms with Crippen molar-refractivity contribution in [2.45, 2.75) is 19.4 Å². The highest BCUT2D eigenvalue weighted by molar-refractivity contribution is 6.31. The van der Waals surface area contributed by atoms with Gasteiger partial charge >= 0.3 is 0 Å². The van der Waals surface area contributed by atoms with Crippen molar-refractivity contribution < 1.29 is 14.2 Å². The molecule has 1 heterocycles. The number of benzene rings is 2. The van der Waals surface area contributed by atoms with E-state index in [1.165, 1.54) is 5.56 Å². The van der Waals surface area contributed by atoms with E-state index in [9.17, 15) is 0 Å². The molecule has 4 nitrogen and oxygen atoms in total. The Balaban J connectivity index is 1.57. The minimum atomic E-state index is 0.424. The predicted octanol–water partition coefficient (Wildman–Crippen LogP) is 4.19. The monoisotopic (exact) mass is 375 g/mol. The summed E-state index contributed by atoms with van der Waals surface area (Å²) in [5, 5.41) is 0.716. The highest BCUT2D eigenvalue weighted by Gasteiger charge is 2.11. The predicted molar refractivity (Wildman–Crippen MR) is 104 cm³/mol. The Bertz CT molecular complexity index is 701. The summed E-state index contributed by atoms with van der Waals surface area (Å²) in [5.41, 5.74) is 2.22. The fourth-order valence-electron chi connectivity index (χ4n) is 3.09. The van der Waals surface area contributed by atoms with Crippen LogP contribution in [0.4, 0.5) is 0 Å². The molecule has 3 rings (SSSR count). The largest absolute Gasteiger partial charge is 0.493 e. The van der Waals surface area contributed by atoms with E-state index in [0.717, 1.165) is 62.8 Å². The lowest BCUT2D eigenvalue weighted by Crippen LogP contribution is -2.36. The third kappa shape index (κ3) is 5.37. The lowest BCUT2D eigenvalue weighted by atomic mass is 10.1. The first-order valence-electron chi connectivity index (χ1n) is 9.09. The summed E-state index contributed by atoms with van der Waals surface area (Å²) in [4.78, 5) is 2.46. The van der Waals surface area contributed by atoms with Crippen LogP contribution in [0.2, 0.25) is 5.02 Å². The van der Waals surface area contributed by atoms with E-state index in [1.54, 1.807) is 7.11 Å². The summed E-state index contributed by atoms with van der Waals surface area (Å²) in [6.45, 7) is 5.30. The summed E-state index contributed by atoms with van der Waals surface area (Å²) in [5.74, 6) is 1.50. The van der Waals surface area contributed by atoms with Crippen molar-refractivity contribution in [2.24, 2.45) is 0 Å². The van der Waals surface area contributed by atoms with Crippen LogP contribution in [-0.4, -0.2) is 44.9 Å². The minimum Gasteiger partial charge on any atom is -0.493 e. The van der Waals surface area contributed by atoms with E-state index in [0.29, 0.717) is 11.6 Å². The Morgan fingerprint density at radius 1 is 1.08 bits per heavy atom. The Morgan fingerprint density at radius 2 is 1.88 bits per heavy atom. The van der Waals surface area contributed by atoms with Crippen LogP contribution >= 0.6 is 11.6 Å². The molecule has 1 aliphatic heterocycles. The van der Waals surface area contributed by atoms with Gasteiger partial charge in [0.15, 0.2) is 11.5 Å². The van der Waals surface area contributed by atoms with Crippen molar-refractivity contribution in [3.8, 4) is 11.5 Å². The fourth-order valence-corrected chi connectivity index (χ4v) is 3.28.